The van der Waals surface area contributed by atoms with Gasteiger partial charge in [0, 0.05) is 0 Å². The highest BCUT2D eigenvalue weighted by Crippen LogP contribution is 2.32. The molecule has 0 amide bonds. The van der Waals surface area contributed by atoms with E-state index < -0.39 is 31.5 Å². The van der Waals surface area contributed by atoms with Gasteiger partial charge in [0.05, 0.1) is 13.0 Å². The van der Waals surface area contributed by atoms with Crippen LogP contribution in [0.3, 0.4) is 0 Å². The Morgan fingerprint density at radius 2 is 1.64 bits per heavy atom. The van der Waals surface area contributed by atoms with Gasteiger partial charge in [-0.2, -0.15) is 22.0 Å². The molecule has 0 rings (SSSR count). The molecule has 0 saturated carbocycles. The fourth-order valence-corrected chi connectivity index (χ4v) is 0.651. The molecule has 1 unspecified atom stereocenters. The summed E-state index contributed by atoms with van der Waals surface area (Å²) in [7, 11) is 0. The summed E-state index contributed by atoms with van der Waals surface area (Å²) in [6.45, 7) is 0.998. The molecule has 0 aliphatic carbocycles. The van der Waals surface area contributed by atoms with Gasteiger partial charge < -0.3 is 4.74 Å². The molecule has 0 radical (unpaired) electrons. The minimum atomic E-state index is -4.96. The summed E-state index contributed by atoms with van der Waals surface area (Å²) in [5, 5.41) is 0. The largest absolute Gasteiger partial charge is 0.392 e. The molecule has 0 aliphatic rings. The van der Waals surface area contributed by atoms with E-state index in [4.69, 9.17) is 0 Å². The van der Waals surface area contributed by atoms with Crippen LogP contribution in [0.25, 0.3) is 0 Å². The van der Waals surface area contributed by atoms with Crippen molar-refractivity contribution in [2.45, 2.75) is 38.2 Å². The molecule has 0 aromatic carbocycles. The average Bonchev–Trinajstić information content (AvgIpc) is 1.97. The molecule has 0 fully saturated rings. The maximum absolute atomic E-state index is 12.4. The fraction of sp³-hybridized carbons (Fsp3) is 1.00. The van der Waals surface area contributed by atoms with Gasteiger partial charge >= 0.3 is 12.3 Å². The Morgan fingerprint density at radius 1 is 1.14 bits per heavy atom. The zero-order valence-electron chi connectivity index (χ0n) is 7.37. The predicted octanol–water partition coefficient (Wildman–Crippen LogP) is 3.30. The SMILES string of the molecule is CCCOC(F)(F)C(F)CC(F)(F)F. The highest BCUT2D eigenvalue weighted by atomic mass is 19.4. The third kappa shape index (κ3) is 5.31. The molecule has 0 spiro atoms. The van der Waals surface area contributed by atoms with Crippen molar-refractivity contribution in [2.75, 3.05) is 6.61 Å². The Bertz CT molecular complexity index is 166. The summed E-state index contributed by atoms with van der Waals surface area (Å²) in [6.07, 6.45) is -14.7. The first kappa shape index (κ1) is 13.5. The van der Waals surface area contributed by atoms with Gasteiger partial charge in [-0.1, -0.05) is 6.92 Å². The first-order valence-corrected chi connectivity index (χ1v) is 3.91. The standard InChI is InChI=1S/C7H10F6O/c1-2-3-14-7(12,13)5(8)4-6(9,10)11/h5H,2-4H2,1H3. The Balaban J connectivity index is 4.13. The van der Waals surface area contributed by atoms with Crippen molar-refractivity contribution in [3.63, 3.8) is 0 Å². The van der Waals surface area contributed by atoms with E-state index in [0.717, 1.165) is 0 Å². The zero-order chi connectivity index (χ0) is 11.4. The number of ether oxygens (including phenoxy) is 1. The molecule has 0 N–H and O–H groups in total. The molecular weight excluding hydrogens is 214 g/mol. The van der Waals surface area contributed by atoms with Crippen LogP contribution in [0.1, 0.15) is 19.8 Å². The van der Waals surface area contributed by atoms with Gasteiger partial charge in [-0.3, -0.25) is 0 Å². The Hall–Kier alpha value is -0.460. The molecule has 0 saturated heterocycles. The first-order valence-electron chi connectivity index (χ1n) is 3.91. The van der Waals surface area contributed by atoms with Crippen LogP contribution < -0.4 is 0 Å². The average molecular weight is 224 g/mol. The van der Waals surface area contributed by atoms with Crippen molar-refractivity contribution >= 4 is 0 Å². The van der Waals surface area contributed by atoms with Crippen molar-refractivity contribution in [1.82, 2.24) is 0 Å². The minimum Gasteiger partial charge on any atom is -0.318 e. The fourth-order valence-electron chi connectivity index (χ4n) is 0.651. The van der Waals surface area contributed by atoms with E-state index in [-0.39, 0.29) is 6.42 Å². The van der Waals surface area contributed by atoms with Gasteiger partial charge in [0.15, 0.2) is 6.17 Å². The molecule has 86 valence electrons. The van der Waals surface area contributed by atoms with E-state index in [1.165, 1.54) is 6.92 Å². The van der Waals surface area contributed by atoms with Crippen LogP contribution in [-0.2, 0) is 4.74 Å². The van der Waals surface area contributed by atoms with E-state index in [1.807, 2.05) is 0 Å². The first-order chi connectivity index (χ1) is 6.19. The summed E-state index contributed by atoms with van der Waals surface area (Å²) in [5.74, 6) is 0. The number of rotatable bonds is 5. The summed E-state index contributed by atoms with van der Waals surface area (Å²) < 4.78 is 75.5. The summed E-state index contributed by atoms with van der Waals surface area (Å²) in [5.41, 5.74) is 0. The number of hydrogen-bond acceptors (Lipinski definition) is 1. The van der Waals surface area contributed by atoms with E-state index in [0.29, 0.717) is 0 Å². The van der Waals surface area contributed by atoms with Crippen molar-refractivity contribution in [2.24, 2.45) is 0 Å². The molecule has 1 atom stereocenters. The van der Waals surface area contributed by atoms with E-state index in [2.05, 4.69) is 4.74 Å². The van der Waals surface area contributed by atoms with Crippen LogP contribution in [0.4, 0.5) is 26.3 Å². The molecule has 0 heterocycles. The second kappa shape index (κ2) is 4.86. The Labute approximate surface area is 77.0 Å². The topological polar surface area (TPSA) is 9.23 Å². The van der Waals surface area contributed by atoms with Crippen molar-refractivity contribution in [3.8, 4) is 0 Å². The monoisotopic (exact) mass is 224 g/mol. The van der Waals surface area contributed by atoms with Crippen molar-refractivity contribution < 1.29 is 31.1 Å². The van der Waals surface area contributed by atoms with Crippen LogP contribution in [0.15, 0.2) is 0 Å². The Kier molecular flexibility index (Phi) is 4.70. The van der Waals surface area contributed by atoms with Gasteiger partial charge in [0.2, 0.25) is 0 Å². The van der Waals surface area contributed by atoms with Crippen LogP contribution in [-0.4, -0.2) is 25.1 Å². The lowest BCUT2D eigenvalue weighted by Gasteiger charge is -2.21. The molecule has 0 aromatic rings. The molecule has 1 nitrogen and oxygen atoms in total. The normalized spacial score (nSPS) is 15.6. The summed E-state index contributed by atoms with van der Waals surface area (Å²) in [4.78, 5) is 0. The Morgan fingerprint density at radius 3 is 2.00 bits per heavy atom. The highest BCUT2D eigenvalue weighted by Gasteiger charge is 2.47. The van der Waals surface area contributed by atoms with Crippen LogP contribution in [0.2, 0.25) is 0 Å². The minimum absolute atomic E-state index is 0.175. The predicted molar refractivity (Wildman–Crippen MR) is 36.8 cm³/mol. The number of halogens is 6. The second-order valence-corrected chi connectivity index (χ2v) is 2.70. The third-order valence-electron chi connectivity index (χ3n) is 1.27. The highest BCUT2D eigenvalue weighted by molar-refractivity contribution is 4.71. The number of alkyl halides is 6. The molecule has 0 aromatic heterocycles. The third-order valence-corrected chi connectivity index (χ3v) is 1.27. The summed E-state index contributed by atoms with van der Waals surface area (Å²) >= 11 is 0. The summed E-state index contributed by atoms with van der Waals surface area (Å²) in [6, 6.07) is 0. The van der Waals surface area contributed by atoms with Crippen molar-refractivity contribution in [1.29, 1.82) is 0 Å². The van der Waals surface area contributed by atoms with Gasteiger partial charge in [-0.05, 0) is 6.42 Å². The molecular formula is C7H10F6O. The van der Waals surface area contributed by atoms with Crippen molar-refractivity contribution in [3.05, 3.63) is 0 Å². The van der Waals surface area contributed by atoms with E-state index in [9.17, 15) is 26.3 Å². The lowest BCUT2D eigenvalue weighted by molar-refractivity contribution is -0.290. The quantitative estimate of drug-likeness (QED) is 0.651. The molecule has 0 aliphatic heterocycles. The molecule has 0 bridgehead atoms. The van der Waals surface area contributed by atoms with Gasteiger partial charge in [0.1, 0.15) is 0 Å². The van der Waals surface area contributed by atoms with Gasteiger partial charge in [0.25, 0.3) is 0 Å². The molecule has 7 heteroatoms. The smallest absolute Gasteiger partial charge is 0.318 e. The maximum atomic E-state index is 12.4. The van der Waals surface area contributed by atoms with E-state index in [1.54, 1.807) is 0 Å². The van der Waals surface area contributed by atoms with E-state index >= 15 is 0 Å². The second-order valence-electron chi connectivity index (χ2n) is 2.70. The van der Waals surface area contributed by atoms with Crippen LogP contribution in [0.5, 0.6) is 0 Å². The maximum Gasteiger partial charge on any atom is 0.392 e. The lowest BCUT2D eigenvalue weighted by Crippen LogP contribution is -2.36. The van der Waals surface area contributed by atoms with Gasteiger partial charge in [-0.25, -0.2) is 4.39 Å². The zero-order valence-corrected chi connectivity index (χ0v) is 7.37. The van der Waals surface area contributed by atoms with Crippen LogP contribution in [0, 0.1) is 0 Å². The van der Waals surface area contributed by atoms with Crippen LogP contribution >= 0.6 is 0 Å². The van der Waals surface area contributed by atoms with Gasteiger partial charge in [-0.15, -0.1) is 0 Å². The number of hydrogen-bond donors (Lipinski definition) is 0. The lowest BCUT2D eigenvalue weighted by atomic mass is 10.2. The molecule has 14 heavy (non-hydrogen) atoms.